The average Bonchev–Trinajstić information content (AvgIpc) is 2.73. The zero-order valence-electron chi connectivity index (χ0n) is 22.9. The van der Waals surface area contributed by atoms with Crippen molar-refractivity contribution in [2.75, 3.05) is 27.7 Å². The van der Waals surface area contributed by atoms with E-state index in [1.807, 2.05) is 21.1 Å². The van der Waals surface area contributed by atoms with Crippen LogP contribution in [0.3, 0.4) is 0 Å². The normalized spacial score (nSPS) is 14.9. The summed E-state index contributed by atoms with van der Waals surface area (Å²) in [5.74, 6) is 0. The molecule has 0 radical (unpaired) electrons. The summed E-state index contributed by atoms with van der Waals surface area (Å²) in [7, 11) is 0.972. The largest absolute Gasteiger partial charge is 0.373 e. The first kappa shape index (κ1) is 33.5. The van der Waals surface area contributed by atoms with Gasteiger partial charge in [0.2, 0.25) is 5.34 Å². The molecule has 1 unspecified atom stereocenters. The first-order valence-corrected chi connectivity index (χ1v) is 15.5. The van der Waals surface area contributed by atoms with E-state index in [1.54, 1.807) is 0 Å². The van der Waals surface area contributed by atoms with E-state index < -0.39 is 12.9 Å². The van der Waals surface area contributed by atoms with Gasteiger partial charge in [-0.2, -0.15) is 0 Å². The third kappa shape index (κ3) is 19.8. The molecule has 34 heavy (non-hydrogen) atoms. The Morgan fingerprint density at radius 2 is 1.03 bits per heavy atom. The Hall–Kier alpha value is -0.450. The molecule has 0 aromatic heterocycles. The Bertz CT molecular complexity index is 579. The van der Waals surface area contributed by atoms with E-state index in [0.29, 0.717) is 10.9 Å². The molecule has 0 aromatic carbocycles. The Balaban J connectivity index is 3.59. The van der Waals surface area contributed by atoms with Gasteiger partial charge in [0.15, 0.2) is 0 Å². The lowest BCUT2D eigenvalue weighted by molar-refractivity contribution is -0.875. The van der Waals surface area contributed by atoms with E-state index in [1.165, 1.54) is 77.0 Å². The smallest absolute Gasteiger partial charge is 0.362 e. The molecule has 0 amide bonds. The van der Waals surface area contributed by atoms with E-state index in [0.717, 1.165) is 25.7 Å². The van der Waals surface area contributed by atoms with Crippen molar-refractivity contribution in [1.29, 1.82) is 0 Å². The van der Waals surface area contributed by atoms with Gasteiger partial charge in [-0.15, -0.1) is 0 Å². The van der Waals surface area contributed by atoms with Crippen LogP contribution in [-0.2, 0) is 4.57 Å². The topological polar surface area (TPSA) is 77.8 Å². The lowest BCUT2D eigenvalue weighted by Gasteiger charge is -2.35. The van der Waals surface area contributed by atoms with Gasteiger partial charge in [-0.05, 0) is 51.4 Å². The van der Waals surface area contributed by atoms with Gasteiger partial charge >= 0.3 is 7.60 Å². The van der Waals surface area contributed by atoms with E-state index >= 15 is 0 Å². The van der Waals surface area contributed by atoms with Gasteiger partial charge < -0.3 is 19.4 Å². The fraction of sp³-hybridized carbons (Fsp3) is 0.857. The van der Waals surface area contributed by atoms with Crippen LogP contribution in [0.1, 0.15) is 122 Å². The predicted molar refractivity (Wildman–Crippen MR) is 147 cm³/mol. The third-order valence-electron chi connectivity index (χ3n) is 6.28. The zero-order valence-corrected chi connectivity index (χ0v) is 23.8. The maximum Gasteiger partial charge on any atom is 0.362 e. The van der Waals surface area contributed by atoms with E-state index in [4.69, 9.17) is 0 Å². The van der Waals surface area contributed by atoms with Crippen LogP contribution in [-0.4, -0.2) is 52.4 Å². The lowest BCUT2D eigenvalue weighted by atomic mass is 10.0. The molecule has 0 bridgehead atoms. The van der Waals surface area contributed by atoms with Crippen molar-refractivity contribution in [2.45, 2.75) is 128 Å². The van der Waals surface area contributed by atoms with Crippen molar-refractivity contribution in [2.24, 2.45) is 0 Å². The molecule has 0 aromatic rings. The van der Waals surface area contributed by atoms with Gasteiger partial charge in [0.1, 0.15) is 6.54 Å². The average molecular weight is 503 g/mol. The number of allylic oxidation sites excluding steroid dienone is 4. The molecule has 6 heteroatoms. The molecule has 0 aliphatic heterocycles. The number of aliphatic hydroxyl groups is 1. The molecular formula is C28H57NO4P+. The molecule has 1 atom stereocenters. The summed E-state index contributed by atoms with van der Waals surface area (Å²) >= 11 is 0. The summed E-state index contributed by atoms with van der Waals surface area (Å²) in [4.78, 5) is 19.2. The van der Waals surface area contributed by atoms with Crippen LogP contribution in [0.15, 0.2) is 24.3 Å². The second-order valence-electron chi connectivity index (χ2n) is 11.1. The number of unbranched alkanes of at least 4 members (excludes halogenated alkanes) is 14. The minimum atomic E-state index is -4.55. The highest BCUT2D eigenvalue weighted by Crippen LogP contribution is 2.52. The molecule has 0 spiro atoms. The molecule has 202 valence electrons. The SMILES string of the molecule is CCCCCC/C=C\CC/C=C\CCCCCCCCCCCC(O)(C[N+](C)(C)C)P(=O)(O)O. The maximum absolute atomic E-state index is 11.8. The van der Waals surface area contributed by atoms with Crippen molar-refractivity contribution >= 4 is 7.60 Å². The van der Waals surface area contributed by atoms with Gasteiger partial charge in [-0.3, -0.25) is 4.57 Å². The molecule has 0 aliphatic carbocycles. The van der Waals surface area contributed by atoms with Crippen molar-refractivity contribution in [3.8, 4) is 0 Å². The number of likely N-dealkylation sites (N-methyl/N-ethyl adjacent to an activating group) is 1. The Morgan fingerprint density at radius 3 is 1.44 bits per heavy atom. The van der Waals surface area contributed by atoms with Crippen molar-refractivity contribution < 1.29 is 23.9 Å². The monoisotopic (exact) mass is 502 g/mol. The maximum atomic E-state index is 11.8. The first-order chi connectivity index (χ1) is 16.0. The van der Waals surface area contributed by atoms with Crippen molar-refractivity contribution in [3.05, 3.63) is 24.3 Å². The number of rotatable bonds is 23. The number of nitrogens with zero attached hydrogens (tertiary/aromatic N) is 1. The van der Waals surface area contributed by atoms with Crippen LogP contribution in [0.4, 0.5) is 0 Å². The highest BCUT2D eigenvalue weighted by molar-refractivity contribution is 7.53. The summed E-state index contributed by atoms with van der Waals surface area (Å²) in [6, 6.07) is 0. The molecule has 0 rings (SSSR count). The molecule has 0 fully saturated rings. The quantitative estimate of drug-likeness (QED) is 0.0578. The Labute approximate surface area is 211 Å². The van der Waals surface area contributed by atoms with Gasteiger partial charge in [-0.1, -0.05) is 95.4 Å². The van der Waals surface area contributed by atoms with Crippen LogP contribution in [0.5, 0.6) is 0 Å². The fourth-order valence-corrected chi connectivity index (χ4v) is 5.39. The number of quaternary nitrogens is 1. The second kappa shape index (κ2) is 19.7. The van der Waals surface area contributed by atoms with Crippen LogP contribution in [0.2, 0.25) is 0 Å². The van der Waals surface area contributed by atoms with Gasteiger partial charge in [0.05, 0.1) is 21.1 Å². The number of hydrogen-bond acceptors (Lipinski definition) is 2. The summed E-state index contributed by atoms with van der Waals surface area (Å²) < 4.78 is 12.1. The van der Waals surface area contributed by atoms with Crippen LogP contribution in [0.25, 0.3) is 0 Å². The summed E-state index contributed by atoms with van der Waals surface area (Å²) in [6.45, 7) is 2.31. The van der Waals surface area contributed by atoms with Crippen LogP contribution in [0, 0.1) is 0 Å². The Kier molecular flexibility index (Phi) is 19.4. The van der Waals surface area contributed by atoms with Gasteiger partial charge in [0, 0.05) is 0 Å². The molecule has 3 N–H and O–H groups in total. The van der Waals surface area contributed by atoms with Crippen LogP contribution >= 0.6 is 7.60 Å². The predicted octanol–water partition coefficient (Wildman–Crippen LogP) is 7.71. The third-order valence-corrected chi connectivity index (χ3v) is 7.72. The van der Waals surface area contributed by atoms with E-state index in [-0.39, 0.29) is 13.0 Å². The van der Waals surface area contributed by atoms with Gasteiger partial charge in [-0.25, -0.2) is 0 Å². The fourth-order valence-electron chi connectivity index (χ4n) is 4.34. The van der Waals surface area contributed by atoms with Gasteiger partial charge in [0.25, 0.3) is 0 Å². The Morgan fingerprint density at radius 1 is 0.647 bits per heavy atom. The molecule has 0 saturated carbocycles. The molecule has 0 aliphatic rings. The minimum absolute atomic E-state index is 0.0582. The van der Waals surface area contributed by atoms with Crippen molar-refractivity contribution in [3.63, 3.8) is 0 Å². The molecule has 0 heterocycles. The summed E-state index contributed by atoms with van der Waals surface area (Å²) in [5, 5.41) is 8.64. The minimum Gasteiger partial charge on any atom is -0.373 e. The molecular weight excluding hydrogens is 445 g/mol. The highest BCUT2D eigenvalue weighted by Gasteiger charge is 2.48. The second-order valence-corrected chi connectivity index (χ2v) is 13.0. The standard InChI is InChI=1S/C28H56NO4P/c1-5-6-7-8-9-10-11-12-13-14-15-16-17-18-19-20-21-22-23-24-25-26-28(30,34(31,32)33)27-29(2,3)4/h10-11,14-15,30H,5-9,12-13,16-27H2,1-4H3,(H-,31,32,33)/p+1/b11-10-,15-14-. The molecule has 0 saturated heterocycles. The van der Waals surface area contributed by atoms with Crippen LogP contribution < -0.4 is 0 Å². The number of hydrogen-bond donors (Lipinski definition) is 3. The highest BCUT2D eigenvalue weighted by atomic mass is 31.2. The lowest BCUT2D eigenvalue weighted by Crippen LogP contribution is -2.49. The summed E-state index contributed by atoms with van der Waals surface area (Å²) in [6.07, 6.45) is 29.8. The van der Waals surface area contributed by atoms with E-state index in [9.17, 15) is 19.5 Å². The van der Waals surface area contributed by atoms with E-state index in [2.05, 4.69) is 31.2 Å². The first-order valence-electron chi connectivity index (χ1n) is 13.9. The van der Waals surface area contributed by atoms with Crippen molar-refractivity contribution in [1.82, 2.24) is 0 Å². The molecule has 5 nitrogen and oxygen atoms in total. The zero-order chi connectivity index (χ0) is 25.8. The summed E-state index contributed by atoms with van der Waals surface area (Å²) in [5.41, 5.74) is 0.